The Labute approximate surface area is 107 Å². The third-order valence-corrected chi connectivity index (χ3v) is 3.30. The third kappa shape index (κ3) is 2.04. The number of rotatable bonds is 3. The minimum atomic E-state index is 0.241. The quantitative estimate of drug-likeness (QED) is 0.894. The molecule has 1 aliphatic heterocycles. The predicted molar refractivity (Wildman–Crippen MR) is 71.9 cm³/mol. The second kappa shape index (κ2) is 4.69. The Kier molecular flexibility index (Phi) is 2.89. The minimum Gasteiger partial charge on any atom is -0.493 e. The molecule has 0 unspecified atom stereocenters. The molecule has 3 nitrogen and oxygen atoms in total. The Balaban J connectivity index is 1.83. The molecule has 0 aliphatic carbocycles. The van der Waals surface area contributed by atoms with Gasteiger partial charge in [0.05, 0.1) is 12.6 Å². The number of nitrogens with one attached hydrogen (secondary N) is 1. The zero-order valence-corrected chi connectivity index (χ0v) is 10.4. The number of ether oxygens (including phenoxy) is 1. The fraction of sp³-hybridized carbons (Fsp3) is 0.267. The normalized spacial score (nSPS) is 14.7. The summed E-state index contributed by atoms with van der Waals surface area (Å²) in [5.74, 6) is 1.01. The molecule has 1 N–H and O–H groups in total. The van der Waals surface area contributed by atoms with Crippen LogP contribution in [-0.2, 0) is 6.42 Å². The van der Waals surface area contributed by atoms with E-state index in [-0.39, 0.29) is 6.04 Å². The molecular formula is C15H16N2O. The summed E-state index contributed by atoms with van der Waals surface area (Å²) < 4.78 is 5.57. The highest BCUT2D eigenvalue weighted by Gasteiger charge is 2.16. The standard InChI is InChI=1S/C15H16N2O/c1-11(12-4-3-8-16-10-12)17-14-5-2-6-15-13(14)7-9-18-15/h2-6,8,10-11,17H,7,9H2,1H3/t11-/m1/s1. The summed E-state index contributed by atoms with van der Waals surface area (Å²) in [5, 5.41) is 3.54. The lowest BCUT2D eigenvalue weighted by molar-refractivity contribution is 0.357. The van der Waals surface area contributed by atoms with Crippen LogP contribution in [0.4, 0.5) is 5.69 Å². The van der Waals surface area contributed by atoms with E-state index in [1.165, 1.54) is 16.8 Å². The number of fused-ring (bicyclic) bond motifs is 1. The van der Waals surface area contributed by atoms with Gasteiger partial charge < -0.3 is 10.1 Å². The highest BCUT2D eigenvalue weighted by Crippen LogP contribution is 2.33. The van der Waals surface area contributed by atoms with Crippen molar-refractivity contribution in [3.63, 3.8) is 0 Å². The van der Waals surface area contributed by atoms with Crippen molar-refractivity contribution >= 4 is 5.69 Å². The SMILES string of the molecule is C[C@@H](Nc1cccc2c1CCO2)c1cccnc1. The van der Waals surface area contributed by atoms with E-state index in [0.29, 0.717) is 0 Å². The molecule has 0 fully saturated rings. The second-order valence-electron chi connectivity index (χ2n) is 4.53. The number of hydrogen-bond acceptors (Lipinski definition) is 3. The van der Waals surface area contributed by atoms with E-state index in [9.17, 15) is 0 Å². The average Bonchev–Trinajstić information content (AvgIpc) is 2.89. The molecule has 1 aromatic carbocycles. The first-order valence-electron chi connectivity index (χ1n) is 6.26. The molecule has 2 aromatic rings. The summed E-state index contributed by atoms with van der Waals surface area (Å²) in [6, 6.07) is 10.5. The second-order valence-corrected chi connectivity index (χ2v) is 4.53. The van der Waals surface area contributed by atoms with Crippen LogP contribution in [0.5, 0.6) is 5.75 Å². The lowest BCUT2D eigenvalue weighted by atomic mass is 10.1. The molecule has 0 amide bonds. The lowest BCUT2D eigenvalue weighted by Gasteiger charge is -2.17. The first-order chi connectivity index (χ1) is 8.84. The molecule has 1 aromatic heterocycles. The van der Waals surface area contributed by atoms with Crippen LogP contribution >= 0.6 is 0 Å². The zero-order valence-electron chi connectivity index (χ0n) is 10.4. The van der Waals surface area contributed by atoms with Gasteiger partial charge in [-0.15, -0.1) is 0 Å². The van der Waals surface area contributed by atoms with E-state index in [1.54, 1.807) is 6.20 Å². The molecule has 92 valence electrons. The summed E-state index contributed by atoms with van der Waals surface area (Å²) >= 11 is 0. The topological polar surface area (TPSA) is 34.1 Å². The lowest BCUT2D eigenvalue weighted by Crippen LogP contribution is -2.08. The molecule has 3 rings (SSSR count). The van der Waals surface area contributed by atoms with Crippen LogP contribution < -0.4 is 10.1 Å². The predicted octanol–water partition coefficient (Wildman–Crippen LogP) is 3.19. The van der Waals surface area contributed by atoms with Crippen molar-refractivity contribution in [3.8, 4) is 5.75 Å². The van der Waals surface area contributed by atoms with E-state index in [0.717, 1.165) is 18.8 Å². The van der Waals surface area contributed by atoms with Crippen LogP contribution in [0, 0.1) is 0 Å². The molecular weight excluding hydrogens is 224 g/mol. The molecule has 0 saturated heterocycles. The summed E-state index contributed by atoms with van der Waals surface area (Å²) in [4.78, 5) is 4.16. The van der Waals surface area contributed by atoms with Crippen LogP contribution in [0.1, 0.15) is 24.1 Å². The maximum absolute atomic E-state index is 5.57. The third-order valence-electron chi connectivity index (χ3n) is 3.30. The van der Waals surface area contributed by atoms with Gasteiger partial charge >= 0.3 is 0 Å². The Hall–Kier alpha value is -2.03. The van der Waals surface area contributed by atoms with Crippen LogP contribution in [0.25, 0.3) is 0 Å². The highest BCUT2D eigenvalue weighted by atomic mass is 16.5. The Morgan fingerprint density at radius 1 is 1.28 bits per heavy atom. The van der Waals surface area contributed by atoms with Gasteiger partial charge in [0.15, 0.2) is 0 Å². The molecule has 2 heterocycles. The molecule has 0 radical (unpaired) electrons. The average molecular weight is 240 g/mol. The van der Waals surface area contributed by atoms with Crippen molar-refractivity contribution in [2.75, 3.05) is 11.9 Å². The molecule has 3 heteroatoms. The van der Waals surface area contributed by atoms with Gasteiger partial charge in [0.2, 0.25) is 0 Å². The minimum absolute atomic E-state index is 0.241. The summed E-state index contributed by atoms with van der Waals surface area (Å²) in [7, 11) is 0. The summed E-state index contributed by atoms with van der Waals surface area (Å²) in [6.45, 7) is 2.93. The van der Waals surface area contributed by atoms with Gasteiger partial charge in [0, 0.05) is 30.1 Å². The molecule has 0 saturated carbocycles. The van der Waals surface area contributed by atoms with Crippen molar-refractivity contribution in [1.82, 2.24) is 4.98 Å². The van der Waals surface area contributed by atoms with Gasteiger partial charge in [-0.2, -0.15) is 0 Å². The van der Waals surface area contributed by atoms with Crippen molar-refractivity contribution in [3.05, 3.63) is 53.9 Å². The Morgan fingerprint density at radius 3 is 3.06 bits per heavy atom. The summed E-state index contributed by atoms with van der Waals surface area (Å²) in [6.07, 6.45) is 4.68. The first kappa shape index (κ1) is 11.1. The molecule has 1 aliphatic rings. The maximum atomic E-state index is 5.57. The number of benzene rings is 1. The van der Waals surface area contributed by atoms with E-state index >= 15 is 0 Å². The Bertz CT molecular complexity index is 539. The van der Waals surface area contributed by atoms with Gasteiger partial charge in [0.25, 0.3) is 0 Å². The largest absolute Gasteiger partial charge is 0.493 e. The fourth-order valence-corrected chi connectivity index (χ4v) is 2.31. The van der Waals surface area contributed by atoms with Gasteiger partial charge in [-0.3, -0.25) is 4.98 Å². The van der Waals surface area contributed by atoms with Crippen molar-refractivity contribution in [1.29, 1.82) is 0 Å². The van der Waals surface area contributed by atoms with E-state index in [2.05, 4.69) is 29.4 Å². The zero-order chi connectivity index (χ0) is 12.4. The van der Waals surface area contributed by atoms with E-state index < -0.39 is 0 Å². The molecule has 1 atom stereocenters. The number of anilines is 1. The summed E-state index contributed by atoms with van der Waals surface area (Å²) in [5.41, 5.74) is 3.64. The van der Waals surface area contributed by atoms with Gasteiger partial charge in [-0.05, 0) is 30.7 Å². The van der Waals surface area contributed by atoms with Crippen LogP contribution in [0.3, 0.4) is 0 Å². The monoisotopic (exact) mass is 240 g/mol. The van der Waals surface area contributed by atoms with Gasteiger partial charge in [0.1, 0.15) is 5.75 Å². The van der Waals surface area contributed by atoms with E-state index in [1.807, 2.05) is 24.4 Å². The number of hydrogen-bond donors (Lipinski definition) is 1. The first-order valence-corrected chi connectivity index (χ1v) is 6.26. The van der Waals surface area contributed by atoms with Crippen molar-refractivity contribution in [2.45, 2.75) is 19.4 Å². The number of aromatic nitrogens is 1. The highest BCUT2D eigenvalue weighted by molar-refractivity contribution is 5.59. The van der Waals surface area contributed by atoms with Crippen molar-refractivity contribution < 1.29 is 4.74 Å². The van der Waals surface area contributed by atoms with Crippen LogP contribution in [0.15, 0.2) is 42.7 Å². The molecule has 0 spiro atoms. The maximum Gasteiger partial charge on any atom is 0.124 e. The molecule has 18 heavy (non-hydrogen) atoms. The molecule has 0 bridgehead atoms. The van der Waals surface area contributed by atoms with Gasteiger partial charge in [-0.25, -0.2) is 0 Å². The van der Waals surface area contributed by atoms with Crippen LogP contribution in [-0.4, -0.2) is 11.6 Å². The smallest absolute Gasteiger partial charge is 0.124 e. The number of nitrogens with zero attached hydrogens (tertiary/aromatic N) is 1. The fourth-order valence-electron chi connectivity index (χ4n) is 2.31. The van der Waals surface area contributed by atoms with E-state index in [4.69, 9.17) is 4.74 Å². The van der Waals surface area contributed by atoms with Crippen molar-refractivity contribution in [2.24, 2.45) is 0 Å². The van der Waals surface area contributed by atoms with Crippen LogP contribution in [0.2, 0.25) is 0 Å². The van der Waals surface area contributed by atoms with Gasteiger partial charge in [-0.1, -0.05) is 12.1 Å². The number of pyridine rings is 1. The Morgan fingerprint density at radius 2 is 2.22 bits per heavy atom.